The minimum absolute atomic E-state index is 0.0134. The Labute approximate surface area is 129 Å². The van der Waals surface area contributed by atoms with Crippen LogP contribution in [0.15, 0.2) is 42.6 Å². The van der Waals surface area contributed by atoms with E-state index in [-0.39, 0.29) is 17.7 Å². The quantitative estimate of drug-likeness (QED) is 0.944. The largest absolute Gasteiger partial charge is 0.508 e. The molecule has 0 saturated heterocycles. The zero-order valence-corrected chi connectivity index (χ0v) is 12.7. The third-order valence-electron chi connectivity index (χ3n) is 3.40. The molecule has 0 aliphatic heterocycles. The predicted molar refractivity (Wildman–Crippen MR) is 82.6 cm³/mol. The summed E-state index contributed by atoms with van der Waals surface area (Å²) in [5.74, 6) is 0.0964. The molecule has 0 fully saturated rings. The third-order valence-corrected chi connectivity index (χ3v) is 3.62. The zero-order valence-electron chi connectivity index (χ0n) is 12.0. The van der Waals surface area contributed by atoms with Crippen molar-refractivity contribution in [3.8, 4) is 5.75 Å². The second-order valence-electron chi connectivity index (χ2n) is 5.00. The van der Waals surface area contributed by atoms with Crippen LogP contribution in [0.4, 0.5) is 0 Å². The van der Waals surface area contributed by atoms with Crippen molar-refractivity contribution < 1.29 is 9.90 Å². The maximum Gasteiger partial charge on any atom is 0.272 e. The summed E-state index contributed by atoms with van der Waals surface area (Å²) >= 11 is 5.77. The van der Waals surface area contributed by atoms with Crippen molar-refractivity contribution >= 4 is 17.5 Å². The van der Waals surface area contributed by atoms with E-state index >= 15 is 0 Å². The summed E-state index contributed by atoms with van der Waals surface area (Å²) in [7, 11) is 1.75. The van der Waals surface area contributed by atoms with Gasteiger partial charge in [-0.3, -0.25) is 4.79 Å². The predicted octanol–water partition coefficient (Wildman–Crippen LogP) is 3.14. The fourth-order valence-electron chi connectivity index (χ4n) is 1.99. The normalized spacial score (nSPS) is 12.0. The molecule has 21 heavy (non-hydrogen) atoms. The molecule has 1 N–H and O–H groups in total. The van der Waals surface area contributed by atoms with Gasteiger partial charge in [-0.2, -0.15) is 0 Å². The summed E-state index contributed by atoms with van der Waals surface area (Å²) in [6.45, 7) is 1.97. The Kier molecular flexibility index (Phi) is 4.81. The van der Waals surface area contributed by atoms with Gasteiger partial charge in [-0.1, -0.05) is 23.7 Å². The Morgan fingerprint density at radius 2 is 1.95 bits per heavy atom. The standard InChI is InChI=1S/C16H17ClN2O2/c1-11(9-12-3-6-14(20)7-4-12)19(2)16(21)15-8-5-13(17)10-18-15/h3-8,10-11,20H,9H2,1-2H3/t11-/m0/s1. The van der Waals surface area contributed by atoms with Gasteiger partial charge in [0, 0.05) is 19.3 Å². The van der Waals surface area contributed by atoms with Gasteiger partial charge in [0.05, 0.1) is 5.02 Å². The number of hydrogen-bond acceptors (Lipinski definition) is 3. The van der Waals surface area contributed by atoms with Crippen molar-refractivity contribution in [1.29, 1.82) is 0 Å². The van der Waals surface area contributed by atoms with Gasteiger partial charge in [0.15, 0.2) is 0 Å². The number of aromatic hydroxyl groups is 1. The number of carbonyl (C=O) groups is 1. The van der Waals surface area contributed by atoms with E-state index in [4.69, 9.17) is 11.6 Å². The van der Waals surface area contributed by atoms with Gasteiger partial charge >= 0.3 is 0 Å². The van der Waals surface area contributed by atoms with E-state index in [9.17, 15) is 9.90 Å². The number of benzene rings is 1. The van der Waals surface area contributed by atoms with E-state index in [1.165, 1.54) is 6.20 Å². The highest BCUT2D eigenvalue weighted by atomic mass is 35.5. The molecule has 1 aromatic heterocycles. The number of phenolic OH excluding ortho intramolecular Hbond substituents is 1. The lowest BCUT2D eigenvalue weighted by Gasteiger charge is -2.24. The van der Waals surface area contributed by atoms with Crippen LogP contribution in [-0.2, 0) is 6.42 Å². The Bertz CT molecular complexity index is 611. The van der Waals surface area contributed by atoms with Crippen LogP contribution in [0.2, 0.25) is 5.02 Å². The minimum Gasteiger partial charge on any atom is -0.508 e. The highest BCUT2D eigenvalue weighted by Gasteiger charge is 2.18. The van der Waals surface area contributed by atoms with E-state index in [0.717, 1.165) is 5.56 Å². The molecule has 1 amide bonds. The summed E-state index contributed by atoms with van der Waals surface area (Å²) in [4.78, 5) is 18.0. The van der Waals surface area contributed by atoms with Crippen LogP contribution in [0.1, 0.15) is 23.0 Å². The van der Waals surface area contributed by atoms with Crippen LogP contribution in [0.25, 0.3) is 0 Å². The van der Waals surface area contributed by atoms with Crippen LogP contribution in [0.5, 0.6) is 5.75 Å². The molecule has 5 heteroatoms. The second kappa shape index (κ2) is 6.59. The van der Waals surface area contributed by atoms with Gasteiger partial charge in [0.1, 0.15) is 11.4 Å². The van der Waals surface area contributed by atoms with Crippen LogP contribution < -0.4 is 0 Å². The van der Waals surface area contributed by atoms with Gasteiger partial charge in [-0.25, -0.2) is 4.98 Å². The fraction of sp³-hybridized carbons (Fsp3) is 0.250. The number of amides is 1. The molecule has 0 aliphatic rings. The molecule has 1 heterocycles. The molecule has 4 nitrogen and oxygen atoms in total. The van der Waals surface area contributed by atoms with Crippen LogP contribution in [-0.4, -0.2) is 34.0 Å². The number of hydrogen-bond donors (Lipinski definition) is 1. The van der Waals surface area contributed by atoms with E-state index in [1.54, 1.807) is 36.2 Å². The van der Waals surface area contributed by atoms with Gasteiger partial charge in [0.25, 0.3) is 5.91 Å². The Balaban J connectivity index is 2.04. The van der Waals surface area contributed by atoms with Crippen molar-refractivity contribution in [1.82, 2.24) is 9.88 Å². The van der Waals surface area contributed by atoms with E-state index in [2.05, 4.69) is 4.98 Å². The summed E-state index contributed by atoms with van der Waals surface area (Å²) in [6, 6.07) is 10.3. The number of halogens is 1. The molecule has 110 valence electrons. The van der Waals surface area contributed by atoms with Crippen LogP contribution in [0, 0.1) is 0 Å². The topological polar surface area (TPSA) is 53.4 Å². The first-order chi connectivity index (χ1) is 9.97. The SMILES string of the molecule is C[C@@H](Cc1ccc(O)cc1)N(C)C(=O)c1ccc(Cl)cn1. The number of aromatic nitrogens is 1. The highest BCUT2D eigenvalue weighted by Crippen LogP contribution is 2.14. The van der Waals surface area contributed by atoms with E-state index in [1.807, 2.05) is 19.1 Å². The maximum atomic E-state index is 12.3. The molecular formula is C16H17ClN2O2. The smallest absolute Gasteiger partial charge is 0.272 e. The number of nitrogens with zero attached hydrogens (tertiary/aromatic N) is 2. The average molecular weight is 305 g/mol. The molecule has 0 radical (unpaired) electrons. The number of rotatable bonds is 4. The Morgan fingerprint density at radius 1 is 1.29 bits per heavy atom. The molecule has 0 unspecified atom stereocenters. The lowest BCUT2D eigenvalue weighted by Crippen LogP contribution is -2.36. The van der Waals surface area contributed by atoms with E-state index < -0.39 is 0 Å². The molecule has 2 aromatic rings. The summed E-state index contributed by atoms with van der Waals surface area (Å²) in [6.07, 6.45) is 2.17. The summed E-state index contributed by atoms with van der Waals surface area (Å²) < 4.78 is 0. The molecule has 0 spiro atoms. The van der Waals surface area contributed by atoms with Crippen molar-refractivity contribution in [2.75, 3.05) is 7.05 Å². The van der Waals surface area contributed by atoms with Crippen LogP contribution >= 0.6 is 11.6 Å². The lowest BCUT2D eigenvalue weighted by atomic mass is 10.1. The summed E-state index contributed by atoms with van der Waals surface area (Å²) in [5, 5.41) is 9.78. The van der Waals surface area contributed by atoms with Gasteiger partial charge in [0.2, 0.25) is 0 Å². The molecular weight excluding hydrogens is 288 g/mol. The third kappa shape index (κ3) is 3.95. The number of carbonyl (C=O) groups excluding carboxylic acids is 1. The average Bonchev–Trinajstić information content (AvgIpc) is 2.49. The first-order valence-electron chi connectivity index (χ1n) is 6.64. The fourth-order valence-corrected chi connectivity index (χ4v) is 2.11. The number of phenols is 1. The molecule has 1 atom stereocenters. The number of likely N-dealkylation sites (N-methyl/N-ethyl adjacent to an activating group) is 1. The Morgan fingerprint density at radius 3 is 2.52 bits per heavy atom. The highest BCUT2D eigenvalue weighted by molar-refractivity contribution is 6.30. The van der Waals surface area contributed by atoms with Crippen molar-refractivity contribution in [2.45, 2.75) is 19.4 Å². The molecule has 2 rings (SSSR count). The lowest BCUT2D eigenvalue weighted by molar-refractivity contribution is 0.0737. The summed E-state index contributed by atoms with van der Waals surface area (Å²) in [5.41, 5.74) is 1.43. The molecule has 0 aliphatic carbocycles. The molecule has 1 aromatic carbocycles. The molecule has 0 saturated carbocycles. The first-order valence-corrected chi connectivity index (χ1v) is 7.02. The van der Waals surface area contributed by atoms with Gasteiger partial charge < -0.3 is 10.0 Å². The Hall–Kier alpha value is -2.07. The minimum atomic E-state index is -0.141. The van der Waals surface area contributed by atoms with Crippen LogP contribution in [0.3, 0.4) is 0 Å². The molecule has 0 bridgehead atoms. The van der Waals surface area contributed by atoms with Crippen molar-refractivity contribution in [2.24, 2.45) is 0 Å². The second-order valence-corrected chi connectivity index (χ2v) is 5.43. The van der Waals surface area contributed by atoms with E-state index in [0.29, 0.717) is 17.1 Å². The first kappa shape index (κ1) is 15.3. The number of pyridine rings is 1. The van der Waals surface area contributed by atoms with Gasteiger partial charge in [-0.05, 0) is 43.2 Å². The maximum absolute atomic E-state index is 12.3. The zero-order chi connectivity index (χ0) is 15.4. The van der Waals surface area contributed by atoms with Crippen molar-refractivity contribution in [3.05, 3.63) is 58.9 Å². The monoisotopic (exact) mass is 304 g/mol. The van der Waals surface area contributed by atoms with Gasteiger partial charge in [-0.15, -0.1) is 0 Å². The van der Waals surface area contributed by atoms with Crippen molar-refractivity contribution in [3.63, 3.8) is 0 Å².